The van der Waals surface area contributed by atoms with Gasteiger partial charge in [0.2, 0.25) is 0 Å². The highest BCUT2D eigenvalue weighted by atomic mass is 16.2. The van der Waals surface area contributed by atoms with Crippen LogP contribution in [0.1, 0.15) is 54.6 Å². The number of aliphatic hydroxyl groups is 1. The van der Waals surface area contributed by atoms with Crippen LogP contribution in [0.3, 0.4) is 0 Å². The van der Waals surface area contributed by atoms with Crippen molar-refractivity contribution in [3.8, 4) is 11.8 Å². The fourth-order valence-electron chi connectivity index (χ4n) is 2.92. The highest BCUT2D eigenvalue weighted by Gasteiger charge is 2.35. The van der Waals surface area contributed by atoms with Crippen LogP contribution < -0.4 is 5.32 Å². The van der Waals surface area contributed by atoms with E-state index in [-0.39, 0.29) is 24.0 Å². The normalized spacial score (nSPS) is 19.7. The molecule has 0 aliphatic heterocycles. The van der Waals surface area contributed by atoms with Gasteiger partial charge in [0.25, 0.3) is 5.91 Å². The van der Waals surface area contributed by atoms with Crippen molar-refractivity contribution in [2.75, 3.05) is 6.61 Å². The van der Waals surface area contributed by atoms with Gasteiger partial charge in [-0.3, -0.25) is 4.79 Å². The Morgan fingerprint density at radius 1 is 1.48 bits per heavy atom. The van der Waals surface area contributed by atoms with E-state index in [9.17, 15) is 4.79 Å². The van der Waals surface area contributed by atoms with E-state index < -0.39 is 0 Å². The van der Waals surface area contributed by atoms with Gasteiger partial charge in [0, 0.05) is 17.2 Å². The number of amides is 1. The number of hydrogen-bond acceptors (Lipinski definition) is 2. The number of carbonyl (C=O) groups is 1. The largest absolute Gasteiger partial charge is 0.384 e. The summed E-state index contributed by atoms with van der Waals surface area (Å²) >= 11 is 0. The van der Waals surface area contributed by atoms with Crippen LogP contribution in [0, 0.1) is 24.2 Å². The molecule has 1 atom stereocenters. The number of benzene rings is 1. The van der Waals surface area contributed by atoms with Gasteiger partial charge in [-0.1, -0.05) is 32.1 Å². The van der Waals surface area contributed by atoms with E-state index in [1.165, 1.54) is 6.42 Å². The van der Waals surface area contributed by atoms with Crippen molar-refractivity contribution in [1.82, 2.24) is 5.32 Å². The average molecular weight is 285 g/mol. The minimum Gasteiger partial charge on any atom is -0.384 e. The fraction of sp³-hybridized carbons (Fsp3) is 0.500. The molecule has 1 aromatic carbocycles. The smallest absolute Gasteiger partial charge is 0.251 e. The third-order valence-electron chi connectivity index (χ3n) is 4.35. The Bertz CT molecular complexity index is 593. The third-order valence-corrected chi connectivity index (χ3v) is 4.35. The van der Waals surface area contributed by atoms with Crippen molar-refractivity contribution in [2.24, 2.45) is 5.41 Å². The molecule has 0 heterocycles. The summed E-state index contributed by atoms with van der Waals surface area (Å²) in [5.74, 6) is 5.50. The lowest BCUT2D eigenvalue weighted by atomic mass is 9.87. The Kier molecular flexibility index (Phi) is 4.69. The zero-order chi connectivity index (χ0) is 15.5. The first kappa shape index (κ1) is 15.6. The molecule has 0 bridgehead atoms. The van der Waals surface area contributed by atoms with Gasteiger partial charge in [-0.15, -0.1) is 0 Å². The molecular formula is C18H23NO2. The molecule has 2 rings (SSSR count). The molecule has 0 spiro atoms. The Balaban J connectivity index is 2.11. The second kappa shape index (κ2) is 6.32. The summed E-state index contributed by atoms with van der Waals surface area (Å²) in [6, 6.07) is 5.75. The summed E-state index contributed by atoms with van der Waals surface area (Å²) in [5.41, 5.74) is 2.65. The highest BCUT2D eigenvalue weighted by molar-refractivity contribution is 5.94. The maximum absolute atomic E-state index is 12.4. The molecule has 1 amide bonds. The molecule has 1 aliphatic carbocycles. The van der Waals surface area contributed by atoms with Gasteiger partial charge in [0.05, 0.1) is 0 Å². The van der Waals surface area contributed by atoms with Crippen LogP contribution in [-0.4, -0.2) is 23.7 Å². The van der Waals surface area contributed by atoms with Crippen molar-refractivity contribution in [1.29, 1.82) is 0 Å². The molecule has 0 saturated heterocycles. The number of rotatable bonds is 2. The molecule has 1 saturated carbocycles. The number of carbonyl (C=O) groups excluding carboxylic acids is 1. The SMILES string of the molecule is Cc1cc(C(=O)NC2CCCC2(C)C)ccc1C#CCO. The molecule has 112 valence electrons. The zero-order valence-corrected chi connectivity index (χ0v) is 13.0. The predicted molar refractivity (Wildman–Crippen MR) is 84.0 cm³/mol. The lowest BCUT2D eigenvalue weighted by Crippen LogP contribution is -2.41. The number of hydrogen-bond donors (Lipinski definition) is 2. The molecule has 0 radical (unpaired) electrons. The molecule has 0 aromatic heterocycles. The van der Waals surface area contributed by atoms with Crippen molar-refractivity contribution in [3.05, 3.63) is 34.9 Å². The number of aliphatic hydroxyl groups excluding tert-OH is 1. The van der Waals surface area contributed by atoms with Crippen LogP contribution in [0.5, 0.6) is 0 Å². The average Bonchev–Trinajstić information content (AvgIpc) is 2.76. The van der Waals surface area contributed by atoms with Crippen LogP contribution in [0.15, 0.2) is 18.2 Å². The van der Waals surface area contributed by atoms with E-state index in [1.807, 2.05) is 19.1 Å². The quantitative estimate of drug-likeness (QED) is 0.821. The summed E-state index contributed by atoms with van der Waals surface area (Å²) < 4.78 is 0. The summed E-state index contributed by atoms with van der Waals surface area (Å²) in [6.07, 6.45) is 3.39. The standard InChI is InChI=1S/C18H23NO2/c1-13-12-15(9-8-14(13)6-5-11-20)17(21)19-16-7-4-10-18(16,2)3/h8-9,12,16,20H,4,7,10-11H2,1-3H3,(H,19,21). The van der Waals surface area contributed by atoms with Gasteiger partial charge in [-0.05, 0) is 48.9 Å². The lowest BCUT2D eigenvalue weighted by molar-refractivity contribution is 0.0910. The maximum atomic E-state index is 12.4. The maximum Gasteiger partial charge on any atom is 0.251 e. The Morgan fingerprint density at radius 2 is 2.24 bits per heavy atom. The van der Waals surface area contributed by atoms with Crippen molar-refractivity contribution >= 4 is 5.91 Å². The Hall–Kier alpha value is -1.79. The fourth-order valence-corrected chi connectivity index (χ4v) is 2.92. The van der Waals surface area contributed by atoms with Gasteiger partial charge < -0.3 is 10.4 Å². The predicted octanol–water partition coefficient (Wildman–Crippen LogP) is 2.65. The molecule has 3 heteroatoms. The minimum absolute atomic E-state index is 0.0141. The van der Waals surface area contributed by atoms with Crippen LogP contribution in [-0.2, 0) is 0 Å². The lowest BCUT2D eigenvalue weighted by Gasteiger charge is -2.27. The molecule has 2 N–H and O–H groups in total. The van der Waals surface area contributed by atoms with Gasteiger partial charge >= 0.3 is 0 Å². The van der Waals surface area contributed by atoms with E-state index >= 15 is 0 Å². The first-order valence-corrected chi connectivity index (χ1v) is 7.45. The second-order valence-electron chi connectivity index (χ2n) is 6.40. The summed E-state index contributed by atoms with van der Waals surface area (Å²) in [6.45, 7) is 6.20. The zero-order valence-electron chi connectivity index (χ0n) is 13.0. The molecule has 1 aliphatic rings. The van der Waals surface area contributed by atoms with E-state index in [2.05, 4.69) is 31.0 Å². The molecule has 3 nitrogen and oxygen atoms in total. The first-order chi connectivity index (χ1) is 9.94. The van der Waals surface area contributed by atoms with E-state index in [0.717, 1.165) is 24.0 Å². The molecule has 1 unspecified atom stereocenters. The van der Waals surface area contributed by atoms with E-state index in [0.29, 0.717) is 5.56 Å². The van der Waals surface area contributed by atoms with Crippen molar-refractivity contribution < 1.29 is 9.90 Å². The Morgan fingerprint density at radius 3 is 2.81 bits per heavy atom. The molecule has 1 fully saturated rings. The van der Waals surface area contributed by atoms with Crippen LogP contribution in [0.2, 0.25) is 0 Å². The summed E-state index contributed by atoms with van der Waals surface area (Å²) in [4.78, 5) is 12.4. The monoisotopic (exact) mass is 285 g/mol. The minimum atomic E-state index is -0.154. The van der Waals surface area contributed by atoms with Crippen LogP contribution in [0.4, 0.5) is 0 Å². The highest BCUT2D eigenvalue weighted by Crippen LogP contribution is 2.37. The van der Waals surface area contributed by atoms with Gasteiger partial charge in [0.15, 0.2) is 0 Å². The van der Waals surface area contributed by atoms with Crippen LogP contribution >= 0.6 is 0 Å². The van der Waals surface area contributed by atoms with Gasteiger partial charge in [0.1, 0.15) is 6.61 Å². The Labute approximate surface area is 126 Å². The summed E-state index contributed by atoms with van der Waals surface area (Å²) in [7, 11) is 0. The van der Waals surface area contributed by atoms with Crippen molar-refractivity contribution in [2.45, 2.75) is 46.1 Å². The molecule has 21 heavy (non-hydrogen) atoms. The number of nitrogens with one attached hydrogen (secondary N) is 1. The number of aryl methyl sites for hydroxylation is 1. The topological polar surface area (TPSA) is 49.3 Å². The van der Waals surface area contributed by atoms with Crippen molar-refractivity contribution in [3.63, 3.8) is 0 Å². The second-order valence-corrected chi connectivity index (χ2v) is 6.40. The van der Waals surface area contributed by atoms with Gasteiger partial charge in [-0.25, -0.2) is 0 Å². The van der Waals surface area contributed by atoms with Crippen LogP contribution in [0.25, 0.3) is 0 Å². The van der Waals surface area contributed by atoms with E-state index in [1.54, 1.807) is 6.07 Å². The van der Waals surface area contributed by atoms with E-state index in [4.69, 9.17) is 5.11 Å². The van der Waals surface area contributed by atoms with Gasteiger partial charge in [-0.2, -0.15) is 0 Å². The molecule has 1 aromatic rings. The first-order valence-electron chi connectivity index (χ1n) is 7.45. The summed E-state index contributed by atoms with van der Waals surface area (Å²) in [5, 5.41) is 11.9. The molecular weight excluding hydrogens is 262 g/mol. The third kappa shape index (κ3) is 3.65.